The van der Waals surface area contributed by atoms with Crippen molar-refractivity contribution in [2.45, 2.75) is 31.2 Å². The van der Waals surface area contributed by atoms with Crippen LogP contribution >= 0.6 is 0 Å². The summed E-state index contributed by atoms with van der Waals surface area (Å²) in [7, 11) is -2.12. The van der Waals surface area contributed by atoms with Crippen molar-refractivity contribution in [3.05, 3.63) is 59.7 Å². The highest BCUT2D eigenvalue weighted by Crippen LogP contribution is 2.24. The van der Waals surface area contributed by atoms with E-state index in [4.69, 9.17) is 4.74 Å². The third-order valence-corrected chi connectivity index (χ3v) is 7.71. The molecule has 0 aliphatic carbocycles. The standard InChI is InChI=1S/C24H29N3O6S/c1-17(28)19-5-9-22(10-6-19)34(31,32)27-13-11-20(12-14-27)24(30)26-16-23(29)25-15-18-3-7-21(33-2)8-4-18/h3-10,20H,11-16H2,1-2H3,(H,25,29)(H,26,30). The van der Waals surface area contributed by atoms with Gasteiger partial charge in [-0.15, -0.1) is 0 Å². The van der Waals surface area contributed by atoms with Gasteiger partial charge in [0.2, 0.25) is 21.8 Å². The zero-order chi connectivity index (χ0) is 24.7. The second-order valence-corrected chi connectivity index (χ2v) is 10.0. The number of hydrogen-bond acceptors (Lipinski definition) is 6. The van der Waals surface area contributed by atoms with E-state index in [0.29, 0.717) is 24.9 Å². The smallest absolute Gasteiger partial charge is 0.243 e. The molecule has 0 atom stereocenters. The van der Waals surface area contributed by atoms with Crippen LogP contribution in [0.4, 0.5) is 0 Å². The predicted molar refractivity (Wildman–Crippen MR) is 126 cm³/mol. The second kappa shape index (κ2) is 11.3. The summed E-state index contributed by atoms with van der Waals surface area (Å²) in [6.45, 7) is 2.03. The Morgan fingerprint density at radius 2 is 1.59 bits per heavy atom. The number of piperidine rings is 1. The van der Waals surface area contributed by atoms with Gasteiger partial charge >= 0.3 is 0 Å². The number of rotatable bonds is 9. The van der Waals surface area contributed by atoms with E-state index in [-0.39, 0.29) is 48.0 Å². The van der Waals surface area contributed by atoms with Gasteiger partial charge in [-0.3, -0.25) is 14.4 Å². The van der Waals surface area contributed by atoms with Gasteiger partial charge in [0.05, 0.1) is 18.6 Å². The first-order chi connectivity index (χ1) is 16.2. The highest BCUT2D eigenvalue weighted by Gasteiger charge is 2.32. The number of hydrogen-bond donors (Lipinski definition) is 2. The third kappa shape index (κ3) is 6.42. The van der Waals surface area contributed by atoms with Crippen LogP contribution in [0.2, 0.25) is 0 Å². The van der Waals surface area contributed by atoms with Crippen molar-refractivity contribution >= 4 is 27.6 Å². The van der Waals surface area contributed by atoms with E-state index in [1.54, 1.807) is 19.2 Å². The number of benzene rings is 2. The summed E-state index contributed by atoms with van der Waals surface area (Å²) in [4.78, 5) is 36.1. The molecule has 1 heterocycles. The molecule has 2 aromatic rings. The molecule has 1 saturated heterocycles. The highest BCUT2D eigenvalue weighted by atomic mass is 32.2. The van der Waals surface area contributed by atoms with Gasteiger partial charge in [0.25, 0.3) is 0 Å². The van der Waals surface area contributed by atoms with Crippen molar-refractivity contribution in [3.8, 4) is 5.75 Å². The summed E-state index contributed by atoms with van der Waals surface area (Å²) in [6, 6.07) is 13.1. The fraction of sp³-hybridized carbons (Fsp3) is 0.375. The van der Waals surface area contributed by atoms with Crippen molar-refractivity contribution in [2.24, 2.45) is 5.92 Å². The highest BCUT2D eigenvalue weighted by molar-refractivity contribution is 7.89. The van der Waals surface area contributed by atoms with E-state index in [1.165, 1.54) is 35.5 Å². The molecule has 0 aromatic heterocycles. The number of carbonyl (C=O) groups excluding carboxylic acids is 3. The minimum Gasteiger partial charge on any atom is -0.497 e. The number of sulfonamides is 1. The number of Topliss-reactive ketones (excluding diaryl/α,β-unsaturated/α-hetero) is 1. The SMILES string of the molecule is COc1ccc(CNC(=O)CNC(=O)C2CCN(S(=O)(=O)c3ccc(C(C)=O)cc3)CC2)cc1. The van der Waals surface area contributed by atoms with Crippen molar-refractivity contribution in [2.75, 3.05) is 26.7 Å². The molecular formula is C24H29N3O6S. The fourth-order valence-corrected chi connectivity index (χ4v) is 5.16. The third-order valence-electron chi connectivity index (χ3n) is 5.80. The molecule has 2 amide bonds. The van der Waals surface area contributed by atoms with Gasteiger partial charge in [-0.05, 0) is 49.6 Å². The van der Waals surface area contributed by atoms with Gasteiger partial charge in [-0.2, -0.15) is 4.31 Å². The van der Waals surface area contributed by atoms with Crippen molar-refractivity contribution < 1.29 is 27.5 Å². The molecule has 9 nitrogen and oxygen atoms in total. The molecule has 0 unspecified atom stereocenters. The molecule has 0 radical (unpaired) electrons. The lowest BCUT2D eigenvalue weighted by atomic mass is 9.97. The first-order valence-corrected chi connectivity index (χ1v) is 12.4. The Balaban J connectivity index is 1.43. The van der Waals surface area contributed by atoms with Gasteiger partial charge in [0.15, 0.2) is 5.78 Å². The molecule has 0 saturated carbocycles. The molecule has 1 aliphatic heterocycles. The van der Waals surface area contributed by atoms with Crippen molar-refractivity contribution in [3.63, 3.8) is 0 Å². The van der Waals surface area contributed by atoms with Gasteiger partial charge in [0.1, 0.15) is 5.75 Å². The Bertz CT molecular complexity index is 1120. The molecule has 34 heavy (non-hydrogen) atoms. The van der Waals surface area contributed by atoms with Crippen LogP contribution in [0.5, 0.6) is 5.75 Å². The molecule has 182 valence electrons. The predicted octanol–water partition coefficient (Wildman–Crippen LogP) is 1.73. The number of carbonyl (C=O) groups is 3. The lowest BCUT2D eigenvalue weighted by molar-refractivity contribution is -0.129. The van der Waals surface area contributed by atoms with Crippen molar-refractivity contribution in [1.29, 1.82) is 0 Å². The topological polar surface area (TPSA) is 122 Å². The average molecular weight is 488 g/mol. The maximum absolute atomic E-state index is 12.9. The van der Waals surface area contributed by atoms with E-state index in [1.807, 2.05) is 12.1 Å². The lowest BCUT2D eigenvalue weighted by Crippen LogP contribution is -2.45. The zero-order valence-corrected chi connectivity index (χ0v) is 20.1. The summed E-state index contributed by atoms with van der Waals surface area (Å²) < 4.78 is 32.2. The molecule has 10 heteroatoms. The Morgan fingerprint density at radius 3 is 2.15 bits per heavy atom. The van der Waals surface area contributed by atoms with Crippen LogP contribution in [0.3, 0.4) is 0 Å². The van der Waals surface area contributed by atoms with E-state index in [0.717, 1.165) is 11.3 Å². The maximum Gasteiger partial charge on any atom is 0.243 e. The van der Waals surface area contributed by atoms with E-state index in [9.17, 15) is 22.8 Å². The Morgan fingerprint density at radius 1 is 0.971 bits per heavy atom. The number of nitrogens with one attached hydrogen (secondary N) is 2. The Hall–Kier alpha value is -3.24. The van der Waals surface area contributed by atoms with Crippen molar-refractivity contribution in [1.82, 2.24) is 14.9 Å². The maximum atomic E-state index is 12.9. The minimum atomic E-state index is -3.70. The first-order valence-electron chi connectivity index (χ1n) is 11.0. The normalized spacial score (nSPS) is 14.9. The van der Waals surface area contributed by atoms with Crippen LogP contribution in [0.25, 0.3) is 0 Å². The quantitative estimate of drug-likeness (QED) is 0.520. The summed E-state index contributed by atoms with van der Waals surface area (Å²) >= 11 is 0. The van der Waals surface area contributed by atoms with Gasteiger partial charge in [-0.25, -0.2) is 8.42 Å². The molecule has 2 N–H and O–H groups in total. The van der Waals surface area contributed by atoms with Gasteiger partial charge in [0, 0.05) is 31.1 Å². The summed E-state index contributed by atoms with van der Waals surface area (Å²) in [5, 5.41) is 5.39. The van der Waals surface area contributed by atoms with Crippen LogP contribution in [0, 0.1) is 5.92 Å². The van der Waals surface area contributed by atoms with Crippen LogP contribution < -0.4 is 15.4 Å². The minimum absolute atomic E-state index is 0.119. The zero-order valence-electron chi connectivity index (χ0n) is 19.2. The Labute approximate surface area is 199 Å². The van der Waals surface area contributed by atoms with Gasteiger partial charge < -0.3 is 15.4 Å². The fourth-order valence-electron chi connectivity index (χ4n) is 3.69. The van der Waals surface area contributed by atoms with E-state index >= 15 is 0 Å². The molecule has 1 fully saturated rings. The summed E-state index contributed by atoms with van der Waals surface area (Å²) in [6.07, 6.45) is 0.730. The largest absolute Gasteiger partial charge is 0.497 e. The molecule has 2 aromatic carbocycles. The van der Waals surface area contributed by atoms with Crippen LogP contribution in [0.15, 0.2) is 53.4 Å². The molecular weight excluding hydrogens is 458 g/mol. The average Bonchev–Trinajstić information content (AvgIpc) is 2.86. The second-order valence-electron chi connectivity index (χ2n) is 8.10. The lowest BCUT2D eigenvalue weighted by Gasteiger charge is -2.30. The Kier molecular flexibility index (Phi) is 8.41. The van der Waals surface area contributed by atoms with E-state index in [2.05, 4.69) is 10.6 Å². The first kappa shape index (κ1) is 25.4. The van der Waals surface area contributed by atoms with Crippen LogP contribution in [0.1, 0.15) is 35.7 Å². The van der Waals surface area contributed by atoms with E-state index < -0.39 is 10.0 Å². The summed E-state index contributed by atoms with van der Waals surface area (Å²) in [5.41, 5.74) is 1.35. The molecule has 0 spiro atoms. The van der Waals surface area contributed by atoms with Gasteiger partial charge in [-0.1, -0.05) is 24.3 Å². The molecule has 1 aliphatic rings. The summed E-state index contributed by atoms with van der Waals surface area (Å²) in [5.74, 6) is -0.334. The molecule has 3 rings (SSSR count). The number of ether oxygens (including phenoxy) is 1. The molecule has 0 bridgehead atoms. The number of ketones is 1. The number of methoxy groups -OCH3 is 1. The number of nitrogens with zero attached hydrogens (tertiary/aromatic N) is 1. The number of amides is 2. The van der Waals surface area contributed by atoms with Crippen LogP contribution in [-0.2, 0) is 26.2 Å². The monoisotopic (exact) mass is 487 g/mol. The van der Waals surface area contributed by atoms with Crippen LogP contribution in [-0.4, -0.2) is 57.1 Å².